The number of alkyl halides is 3. The Morgan fingerprint density at radius 1 is 1.21 bits per heavy atom. The van der Waals surface area contributed by atoms with E-state index >= 15 is 0 Å². The van der Waals surface area contributed by atoms with Crippen LogP contribution in [0.1, 0.15) is 19.4 Å². The summed E-state index contributed by atoms with van der Waals surface area (Å²) >= 11 is 0. The molecule has 148 valence electrons. The highest BCUT2D eigenvalue weighted by molar-refractivity contribution is 5.80. The van der Waals surface area contributed by atoms with Crippen molar-refractivity contribution in [3.8, 4) is 17.1 Å². The zero-order valence-corrected chi connectivity index (χ0v) is 15.3. The van der Waals surface area contributed by atoms with E-state index in [4.69, 9.17) is 14.2 Å². The Morgan fingerprint density at radius 2 is 2.00 bits per heavy atom. The van der Waals surface area contributed by atoms with Gasteiger partial charge in [-0.05, 0) is 44.2 Å². The first-order chi connectivity index (χ1) is 13.2. The molecule has 3 aromatic rings. The van der Waals surface area contributed by atoms with Gasteiger partial charge < -0.3 is 19.2 Å². The van der Waals surface area contributed by atoms with E-state index in [1.54, 1.807) is 38.1 Å². The number of imidazole rings is 1. The highest BCUT2D eigenvalue weighted by Gasteiger charge is 2.36. The summed E-state index contributed by atoms with van der Waals surface area (Å²) in [5.74, 6) is -0.439. The Bertz CT molecular complexity index is 965. The van der Waals surface area contributed by atoms with Crippen LogP contribution in [0.5, 0.6) is 5.75 Å². The minimum atomic E-state index is -4.55. The lowest BCUT2D eigenvalue weighted by Gasteiger charge is -2.18. The molecule has 28 heavy (non-hydrogen) atoms. The van der Waals surface area contributed by atoms with Crippen LogP contribution in [0.25, 0.3) is 22.4 Å². The van der Waals surface area contributed by atoms with E-state index in [1.165, 1.54) is 12.1 Å². The van der Waals surface area contributed by atoms with Crippen molar-refractivity contribution in [3.05, 3.63) is 48.0 Å². The van der Waals surface area contributed by atoms with Crippen LogP contribution in [-0.4, -0.2) is 35.1 Å². The molecule has 0 radical (unpaired) electrons. The molecule has 5 nitrogen and oxygen atoms in total. The first kappa shape index (κ1) is 18.8. The third kappa shape index (κ3) is 3.83. The standard InChI is InChI=1S/C20H19F3N2O3/c1-19(2)27-11-13(28-19)10-26-12-7-8-14(15(9-12)20(21,22)23)18-24-16-5-3-4-6-17(16)25-18/h3-9,13H,10-11H2,1-2H3,(H,24,25)/t13-/m0/s1. The average molecular weight is 392 g/mol. The van der Waals surface area contributed by atoms with Gasteiger partial charge >= 0.3 is 6.18 Å². The summed E-state index contributed by atoms with van der Waals surface area (Å²) in [6.45, 7) is 3.98. The molecule has 1 aliphatic rings. The van der Waals surface area contributed by atoms with E-state index < -0.39 is 17.5 Å². The molecule has 8 heteroatoms. The van der Waals surface area contributed by atoms with Gasteiger partial charge in [0.2, 0.25) is 0 Å². The maximum Gasteiger partial charge on any atom is 0.417 e. The zero-order valence-electron chi connectivity index (χ0n) is 15.3. The number of hydrogen-bond acceptors (Lipinski definition) is 4. The number of para-hydroxylation sites is 2. The molecule has 0 unspecified atom stereocenters. The first-order valence-electron chi connectivity index (χ1n) is 8.82. The fourth-order valence-electron chi connectivity index (χ4n) is 3.17. The largest absolute Gasteiger partial charge is 0.491 e. The van der Waals surface area contributed by atoms with E-state index in [0.717, 1.165) is 6.07 Å². The van der Waals surface area contributed by atoms with E-state index in [-0.39, 0.29) is 29.8 Å². The second-order valence-electron chi connectivity index (χ2n) is 7.07. The van der Waals surface area contributed by atoms with Gasteiger partial charge in [0.05, 0.1) is 23.2 Å². The Kier molecular flexibility index (Phi) is 4.55. The van der Waals surface area contributed by atoms with E-state index in [0.29, 0.717) is 17.6 Å². The van der Waals surface area contributed by atoms with Crippen molar-refractivity contribution in [2.45, 2.75) is 31.9 Å². The Labute approximate surface area is 159 Å². The predicted molar refractivity (Wildman–Crippen MR) is 96.9 cm³/mol. The number of aromatic nitrogens is 2. The number of hydrogen-bond donors (Lipinski definition) is 1. The summed E-state index contributed by atoms with van der Waals surface area (Å²) in [6, 6.07) is 10.9. The highest BCUT2D eigenvalue weighted by Crippen LogP contribution is 2.39. The second-order valence-corrected chi connectivity index (χ2v) is 7.07. The molecule has 4 rings (SSSR count). The maximum atomic E-state index is 13.7. The van der Waals surface area contributed by atoms with Crippen LogP contribution in [0.15, 0.2) is 42.5 Å². The summed E-state index contributed by atoms with van der Waals surface area (Å²) in [7, 11) is 0. The van der Waals surface area contributed by atoms with Crippen LogP contribution in [0, 0.1) is 0 Å². The normalized spacial score (nSPS) is 19.2. The van der Waals surface area contributed by atoms with Crippen molar-refractivity contribution in [2.24, 2.45) is 0 Å². The summed E-state index contributed by atoms with van der Waals surface area (Å²) in [5, 5.41) is 0. The molecule has 0 amide bonds. The summed E-state index contributed by atoms with van der Waals surface area (Å²) in [4.78, 5) is 7.22. The van der Waals surface area contributed by atoms with Gasteiger partial charge in [-0.1, -0.05) is 12.1 Å². The molecule has 1 atom stereocenters. The average Bonchev–Trinajstić information content (AvgIpc) is 3.21. The Morgan fingerprint density at radius 3 is 2.68 bits per heavy atom. The first-order valence-corrected chi connectivity index (χ1v) is 8.82. The van der Waals surface area contributed by atoms with Gasteiger partial charge in [-0.15, -0.1) is 0 Å². The van der Waals surface area contributed by atoms with E-state index in [9.17, 15) is 13.2 Å². The van der Waals surface area contributed by atoms with Crippen molar-refractivity contribution >= 4 is 11.0 Å². The van der Waals surface area contributed by atoms with Crippen LogP contribution in [0.2, 0.25) is 0 Å². The summed E-state index contributed by atoms with van der Waals surface area (Å²) in [5.41, 5.74) is 0.435. The van der Waals surface area contributed by atoms with Gasteiger partial charge in [0, 0.05) is 5.56 Å². The quantitative estimate of drug-likeness (QED) is 0.694. The lowest BCUT2D eigenvalue weighted by atomic mass is 10.1. The van der Waals surface area contributed by atoms with Crippen molar-refractivity contribution in [3.63, 3.8) is 0 Å². The SMILES string of the molecule is CC1(C)OC[C@H](COc2ccc(-c3nc4ccccc4[nH]3)c(C(F)(F)F)c2)O1. The van der Waals surface area contributed by atoms with Gasteiger partial charge in [-0.2, -0.15) is 13.2 Å². The number of ether oxygens (including phenoxy) is 3. The predicted octanol–water partition coefficient (Wildman–Crippen LogP) is 4.78. The molecule has 1 aliphatic heterocycles. The van der Waals surface area contributed by atoms with Gasteiger partial charge in [-0.25, -0.2) is 4.98 Å². The van der Waals surface area contributed by atoms with Gasteiger partial charge in [-0.3, -0.25) is 0 Å². The molecule has 1 fully saturated rings. The van der Waals surface area contributed by atoms with Gasteiger partial charge in [0.1, 0.15) is 24.3 Å². The number of benzene rings is 2. The number of H-pyrrole nitrogens is 1. The molecular formula is C20H19F3N2O3. The van der Waals surface area contributed by atoms with Gasteiger partial charge in [0.25, 0.3) is 0 Å². The molecule has 1 aromatic heterocycles. The summed E-state index contributed by atoms with van der Waals surface area (Å²) < 4.78 is 57.6. The molecule has 0 bridgehead atoms. The number of halogens is 3. The Hall–Kier alpha value is -2.58. The molecule has 0 aliphatic carbocycles. The Balaban J connectivity index is 1.61. The number of nitrogens with zero attached hydrogens (tertiary/aromatic N) is 1. The number of nitrogens with one attached hydrogen (secondary N) is 1. The van der Waals surface area contributed by atoms with Crippen molar-refractivity contribution in [1.82, 2.24) is 9.97 Å². The summed E-state index contributed by atoms with van der Waals surface area (Å²) in [6.07, 6.45) is -4.89. The monoisotopic (exact) mass is 392 g/mol. The lowest BCUT2D eigenvalue weighted by molar-refractivity contribution is -0.141. The van der Waals surface area contributed by atoms with Crippen LogP contribution >= 0.6 is 0 Å². The molecule has 1 saturated heterocycles. The number of fused-ring (bicyclic) bond motifs is 1. The molecule has 0 saturated carbocycles. The van der Waals surface area contributed by atoms with Crippen LogP contribution in [0.3, 0.4) is 0 Å². The van der Waals surface area contributed by atoms with Gasteiger partial charge in [0.15, 0.2) is 5.79 Å². The van der Waals surface area contributed by atoms with E-state index in [1.807, 2.05) is 0 Å². The topological polar surface area (TPSA) is 56.4 Å². The maximum absolute atomic E-state index is 13.7. The van der Waals surface area contributed by atoms with Crippen LogP contribution in [-0.2, 0) is 15.7 Å². The smallest absolute Gasteiger partial charge is 0.417 e. The van der Waals surface area contributed by atoms with Crippen molar-refractivity contribution in [2.75, 3.05) is 13.2 Å². The minimum Gasteiger partial charge on any atom is -0.491 e. The fourth-order valence-corrected chi connectivity index (χ4v) is 3.17. The number of aromatic amines is 1. The molecule has 2 aromatic carbocycles. The molecule has 2 heterocycles. The molecule has 0 spiro atoms. The highest BCUT2D eigenvalue weighted by atomic mass is 19.4. The fraction of sp³-hybridized carbons (Fsp3) is 0.350. The third-order valence-electron chi connectivity index (χ3n) is 4.44. The minimum absolute atomic E-state index is 0.0300. The lowest BCUT2D eigenvalue weighted by Crippen LogP contribution is -2.25. The molecule has 1 N–H and O–H groups in total. The van der Waals surface area contributed by atoms with Crippen molar-refractivity contribution in [1.29, 1.82) is 0 Å². The van der Waals surface area contributed by atoms with Crippen LogP contribution in [0.4, 0.5) is 13.2 Å². The zero-order chi connectivity index (χ0) is 19.9. The number of rotatable bonds is 4. The molecular weight excluding hydrogens is 373 g/mol. The second kappa shape index (κ2) is 6.79. The van der Waals surface area contributed by atoms with Crippen LogP contribution < -0.4 is 4.74 Å². The van der Waals surface area contributed by atoms with Crippen molar-refractivity contribution < 1.29 is 27.4 Å². The third-order valence-corrected chi connectivity index (χ3v) is 4.44. The van der Waals surface area contributed by atoms with E-state index in [2.05, 4.69) is 9.97 Å².